The summed E-state index contributed by atoms with van der Waals surface area (Å²) in [4.78, 5) is 14.1. The van der Waals surface area contributed by atoms with Gasteiger partial charge < -0.3 is 4.90 Å². The molecule has 0 unspecified atom stereocenters. The molecule has 148 valence electrons. The molecule has 1 N–H and O–H groups in total. The van der Waals surface area contributed by atoms with Crippen molar-refractivity contribution in [2.75, 3.05) is 31.9 Å². The predicted molar refractivity (Wildman–Crippen MR) is 105 cm³/mol. The molecule has 2 atom stereocenters. The summed E-state index contributed by atoms with van der Waals surface area (Å²) in [5.41, 5.74) is 0.431. The molecule has 2 saturated carbocycles. The average Bonchev–Trinajstić information content (AvgIpc) is 2.97. The van der Waals surface area contributed by atoms with E-state index in [0.29, 0.717) is 25.4 Å². The first-order valence-corrected chi connectivity index (χ1v) is 11.7. The zero-order valence-electron chi connectivity index (χ0n) is 16.4. The third-order valence-electron chi connectivity index (χ3n) is 7.69. The van der Waals surface area contributed by atoms with Crippen LogP contribution in [0.4, 0.5) is 0 Å². The molecule has 1 aromatic carbocycles. The Morgan fingerprint density at radius 1 is 1.15 bits per heavy atom. The van der Waals surface area contributed by atoms with Crippen LogP contribution in [0.3, 0.4) is 0 Å². The third-order valence-corrected chi connectivity index (χ3v) is 9.70. The van der Waals surface area contributed by atoms with Crippen molar-refractivity contribution in [3.8, 4) is 0 Å². The normalized spacial score (nSPS) is 31.5. The minimum absolute atomic E-state index is 0.0103. The summed E-state index contributed by atoms with van der Waals surface area (Å²) in [6.45, 7) is 7.89. The van der Waals surface area contributed by atoms with Crippen molar-refractivity contribution >= 4 is 15.8 Å². The van der Waals surface area contributed by atoms with Gasteiger partial charge in [0.2, 0.25) is 10.0 Å². The van der Waals surface area contributed by atoms with Crippen LogP contribution < -0.4 is 4.90 Å². The summed E-state index contributed by atoms with van der Waals surface area (Å²) >= 11 is 0. The smallest absolute Gasteiger partial charge is 0.215 e. The molecule has 1 saturated heterocycles. The van der Waals surface area contributed by atoms with Crippen molar-refractivity contribution in [1.82, 2.24) is 4.31 Å². The molecule has 0 radical (unpaired) electrons. The second-order valence-corrected chi connectivity index (χ2v) is 11.2. The van der Waals surface area contributed by atoms with Gasteiger partial charge in [-0.1, -0.05) is 44.2 Å². The van der Waals surface area contributed by atoms with Crippen LogP contribution in [0.15, 0.2) is 30.3 Å². The molecule has 0 aromatic heterocycles. The predicted octanol–water partition coefficient (Wildman–Crippen LogP) is 1.11. The van der Waals surface area contributed by atoms with Crippen LogP contribution in [0.2, 0.25) is 0 Å². The summed E-state index contributed by atoms with van der Waals surface area (Å²) in [6.07, 6.45) is 2.29. The Kier molecular flexibility index (Phi) is 4.72. The molecule has 4 rings (SSSR count). The van der Waals surface area contributed by atoms with Crippen molar-refractivity contribution in [3.63, 3.8) is 0 Å². The number of nitrogens with zero attached hydrogens (tertiary/aromatic N) is 1. The molecule has 27 heavy (non-hydrogen) atoms. The first-order valence-electron chi connectivity index (χ1n) is 10.1. The number of rotatable bonds is 5. The van der Waals surface area contributed by atoms with Gasteiger partial charge in [0.15, 0.2) is 0 Å². The van der Waals surface area contributed by atoms with E-state index in [2.05, 4.69) is 26.0 Å². The van der Waals surface area contributed by atoms with E-state index in [9.17, 15) is 13.2 Å². The lowest BCUT2D eigenvalue weighted by molar-refractivity contribution is -0.917. The highest BCUT2D eigenvalue weighted by molar-refractivity contribution is 7.89. The van der Waals surface area contributed by atoms with Crippen LogP contribution in [0.1, 0.15) is 38.7 Å². The topological polar surface area (TPSA) is 58.9 Å². The summed E-state index contributed by atoms with van der Waals surface area (Å²) in [5, 5.41) is 0. The number of benzene rings is 1. The molecule has 3 aliphatic rings. The van der Waals surface area contributed by atoms with Crippen LogP contribution in [-0.2, 0) is 21.4 Å². The lowest BCUT2D eigenvalue weighted by atomic mass is 9.70. The number of hydrogen-bond acceptors (Lipinski definition) is 3. The summed E-state index contributed by atoms with van der Waals surface area (Å²) in [7, 11) is -3.41. The van der Waals surface area contributed by atoms with Gasteiger partial charge in [-0.2, -0.15) is 4.31 Å². The largest absolute Gasteiger partial charge is 0.329 e. The van der Waals surface area contributed by atoms with Crippen LogP contribution in [0, 0.1) is 16.7 Å². The Bertz CT molecular complexity index is 813. The second kappa shape index (κ2) is 6.68. The fourth-order valence-electron chi connectivity index (χ4n) is 5.65. The minimum atomic E-state index is -3.41. The van der Waals surface area contributed by atoms with Crippen LogP contribution in [0.5, 0.6) is 0 Å². The average molecular weight is 392 g/mol. The lowest BCUT2D eigenvalue weighted by Gasteiger charge is -2.39. The molecule has 6 heteroatoms. The lowest BCUT2D eigenvalue weighted by Crippen LogP contribution is -3.13. The van der Waals surface area contributed by atoms with E-state index in [4.69, 9.17) is 0 Å². The quantitative estimate of drug-likeness (QED) is 0.818. The summed E-state index contributed by atoms with van der Waals surface area (Å²) in [6, 6.07) is 10.4. The van der Waals surface area contributed by atoms with Gasteiger partial charge in [0.05, 0.1) is 31.9 Å². The van der Waals surface area contributed by atoms with Gasteiger partial charge in [0.25, 0.3) is 0 Å². The molecule has 1 aliphatic heterocycles. The Hall–Kier alpha value is -1.24. The second-order valence-electron chi connectivity index (χ2n) is 9.23. The van der Waals surface area contributed by atoms with E-state index < -0.39 is 15.4 Å². The fourth-order valence-corrected chi connectivity index (χ4v) is 7.87. The van der Waals surface area contributed by atoms with Crippen molar-refractivity contribution in [2.45, 2.75) is 39.7 Å². The fraction of sp³-hybridized carbons (Fsp3) is 0.667. The summed E-state index contributed by atoms with van der Waals surface area (Å²) in [5.74, 6) is 0.545. The number of carbonyl (C=O) groups excluding carboxylic acids is 1. The SMILES string of the molecule is CC1(C)[C@@H]2CC[C@@]1(CS(=O)(=O)N1CC[NH+](Cc3ccccc3)CC1)C(=O)C2. The number of ketones is 1. The van der Waals surface area contributed by atoms with E-state index in [1.54, 1.807) is 4.31 Å². The maximum Gasteiger partial charge on any atom is 0.215 e. The molecule has 3 fully saturated rings. The zero-order chi connectivity index (χ0) is 19.3. The highest BCUT2D eigenvalue weighted by atomic mass is 32.2. The number of Topliss-reactive ketones (excluding diaryl/α,β-unsaturated/α-hetero) is 1. The summed E-state index contributed by atoms with van der Waals surface area (Å²) < 4.78 is 28.0. The van der Waals surface area contributed by atoms with Crippen molar-refractivity contribution in [1.29, 1.82) is 0 Å². The molecule has 0 spiro atoms. The third kappa shape index (κ3) is 3.15. The molecule has 0 amide bonds. The van der Waals surface area contributed by atoms with Gasteiger partial charge in [0.1, 0.15) is 12.3 Å². The molecule has 2 bridgehead atoms. The number of fused-ring (bicyclic) bond motifs is 2. The molecular formula is C21H31N2O3S+. The van der Waals surface area contributed by atoms with E-state index >= 15 is 0 Å². The molecule has 1 aromatic rings. The van der Waals surface area contributed by atoms with Crippen molar-refractivity contribution < 1.29 is 18.1 Å². The monoisotopic (exact) mass is 391 g/mol. The number of quaternary nitrogens is 1. The van der Waals surface area contributed by atoms with Gasteiger partial charge >= 0.3 is 0 Å². The van der Waals surface area contributed by atoms with Gasteiger partial charge in [0, 0.05) is 17.4 Å². The molecule has 1 heterocycles. The van der Waals surface area contributed by atoms with Gasteiger partial charge in [-0.25, -0.2) is 8.42 Å². The first kappa shape index (κ1) is 19.1. The highest BCUT2D eigenvalue weighted by Gasteiger charge is 2.65. The Morgan fingerprint density at radius 2 is 1.81 bits per heavy atom. The maximum absolute atomic E-state index is 13.2. The van der Waals surface area contributed by atoms with E-state index in [1.807, 2.05) is 18.2 Å². The van der Waals surface area contributed by atoms with Crippen LogP contribution in [0.25, 0.3) is 0 Å². The number of carbonyl (C=O) groups is 1. The Labute approximate surface area is 162 Å². The van der Waals surface area contributed by atoms with Gasteiger partial charge in [-0.05, 0) is 24.2 Å². The van der Waals surface area contributed by atoms with E-state index in [0.717, 1.165) is 32.5 Å². The van der Waals surface area contributed by atoms with E-state index in [-0.39, 0.29) is 17.0 Å². The Balaban J connectivity index is 1.41. The highest BCUT2D eigenvalue weighted by Crippen LogP contribution is 2.64. The zero-order valence-corrected chi connectivity index (χ0v) is 17.2. The number of nitrogens with one attached hydrogen (secondary N) is 1. The van der Waals surface area contributed by atoms with Crippen molar-refractivity contribution in [2.24, 2.45) is 16.7 Å². The van der Waals surface area contributed by atoms with Crippen LogP contribution >= 0.6 is 0 Å². The number of piperazine rings is 1. The standard InChI is InChI=1S/C21H30N2O3S/c1-20(2)18-8-9-21(20,19(24)14-18)16-27(25,26)23-12-10-22(11-13-23)15-17-6-4-3-5-7-17/h3-7,18H,8-16H2,1-2H3/p+1/t18-,21-/m1/s1. The Morgan fingerprint density at radius 3 is 2.37 bits per heavy atom. The molecular weight excluding hydrogens is 360 g/mol. The van der Waals surface area contributed by atoms with Crippen LogP contribution in [-0.4, -0.2) is 50.4 Å². The minimum Gasteiger partial charge on any atom is -0.329 e. The number of hydrogen-bond donors (Lipinski definition) is 1. The van der Waals surface area contributed by atoms with Crippen molar-refractivity contribution in [3.05, 3.63) is 35.9 Å². The van der Waals surface area contributed by atoms with E-state index in [1.165, 1.54) is 10.5 Å². The van der Waals surface area contributed by atoms with Gasteiger partial charge in [-0.3, -0.25) is 4.79 Å². The maximum atomic E-state index is 13.2. The molecule has 2 aliphatic carbocycles. The molecule has 5 nitrogen and oxygen atoms in total. The number of sulfonamides is 1. The first-order chi connectivity index (χ1) is 12.7. The van der Waals surface area contributed by atoms with Gasteiger partial charge in [-0.15, -0.1) is 0 Å².